The van der Waals surface area contributed by atoms with Crippen molar-refractivity contribution in [1.29, 1.82) is 0 Å². The van der Waals surface area contributed by atoms with Crippen LogP contribution in [0.3, 0.4) is 0 Å². The lowest BCUT2D eigenvalue weighted by Gasteiger charge is -2.30. The molecule has 204 valence electrons. The number of halogens is 1. The normalized spacial score (nSPS) is 13.8. The average molecular weight is 603 g/mol. The number of carbonyl (C=O) groups is 3. The number of ether oxygens (including phenoxy) is 1. The molecule has 2 heterocycles. The minimum atomic E-state index is -0.824. The number of carboxylic acid groups (broad SMARTS) is 1. The zero-order valence-corrected chi connectivity index (χ0v) is 23.4. The predicted molar refractivity (Wildman–Crippen MR) is 154 cm³/mol. The summed E-state index contributed by atoms with van der Waals surface area (Å²) in [5, 5.41) is 10.3. The van der Waals surface area contributed by atoms with E-state index in [1.807, 2.05) is 36.4 Å². The van der Waals surface area contributed by atoms with E-state index >= 15 is 0 Å². The van der Waals surface area contributed by atoms with Crippen LogP contribution in [0, 0.1) is 5.92 Å². The van der Waals surface area contributed by atoms with E-state index in [0.717, 1.165) is 15.6 Å². The van der Waals surface area contributed by atoms with Crippen molar-refractivity contribution in [1.82, 2.24) is 9.47 Å². The lowest BCUT2D eigenvalue weighted by Crippen LogP contribution is -2.40. The van der Waals surface area contributed by atoms with Gasteiger partial charge >= 0.3 is 11.9 Å². The monoisotopic (exact) mass is 602 g/mol. The number of rotatable bonds is 6. The fourth-order valence-electron chi connectivity index (χ4n) is 5.22. The summed E-state index contributed by atoms with van der Waals surface area (Å²) in [6.07, 6.45) is 0.862. The largest absolute Gasteiger partial charge is 0.481 e. The number of carbonyl (C=O) groups excluding carboxylic acids is 2. The van der Waals surface area contributed by atoms with Crippen molar-refractivity contribution in [2.24, 2.45) is 5.92 Å². The Morgan fingerprint density at radius 1 is 0.950 bits per heavy atom. The summed E-state index contributed by atoms with van der Waals surface area (Å²) in [6, 6.07) is 21.7. The van der Waals surface area contributed by atoms with Crippen LogP contribution < -0.4 is 5.56 Å². The second kappa shape index (κ2) is 11.5. The zero-order valence-electron chi connectivity index (χ0n) is 21.8. The summed E-state index contributed by atoms with van der Waals surface area (Å²) in [5.74, 6) is -2.04. The Morgan fingerprint density at radius 2 is 1.62 bits per heavy atom. The second-order valence-corrected chi connectivity index (χ2v) is 10.7. The molecule has 1 aliphatic heterocycles. The Hall–Kier alpha value is -4.24. The van der Waals surface area contributed by atoms with Crippen molar-refractivity contribution >= 4 is 44.5 Å². The number of carboxylic acids is 1. The molecule has 1 saturated heterocycles. The molecule has 0 saturated carbocycles. The quantitative estimate of drug-likeness (QED) is 0.304. The van der Waals surface area contributed by atoms with Crippen molar-refractivity contribution in [2.75, 3.05) is 20.2 Å². The van der Waals surface area contributed by atoms with E-state index in [1.165, 1.54) is 11.7 Å². The summed E-state index contributed by atoms with van der Waals surface area (Å²) in [5.41, 5.74) is 2.39. The van der Waals surface area contributed by atoms with Crippen LogP contribution in [0.2, 0.25) is 0 Å². The molecule has 1 aromatic heterocycles. The number of aromatic nitrogens is 1. The first-order valence-electron chi connectivity index (χ1n) is 12.9. The molecule has 1 N–H and O–H groups in total. The molecular formula is C31H27BrN2O6. The third-order valence-electron chi connectivity index (χ3n) is 7.35. The van der Waals surface area contributed by atoms with E-state index in [2.05, 4.69) is 15.9 Å². The third kappa shape index (κ3) is 5.29. The van der Waals surface area contributed by atoms with Crippen LogP contribution in [-0.4, -0.2) is 52.6 Å². The van der Waals surface area contributed by atoms with Crippen LogP contribution in [0.1, 0.15) is 39.3 Å². The first-order valence-corrected chi connectivity index (χ1v) is 13.7. The number of hydrogen-bond acceptors (Lipinski definition) is 5. The number of hydrogen-bond donors (Lipinski definition) is 1. The molecule has 40 heavy (non-hydrogen) atoms. The van der Waals surface area contributed by atoms with Gasteiger partial charge in [0, 0.05) is 34.1 Å². The molecule has 9 heteroatoms. The van der Waals surface area contributed by atoms with Crippen LogP contribution in [0.25, 0.3) is 21.9 Å². The summed E-state index contributed by atoms with van der Waals surface area (Å²) in [4.78, 5) is 52.9. The van der Waals surface area contributed by atoms with Crippen LogP contribution in [0.5, 0.6) is 0 Å². The molecule has 3 aromatic carbocycles. The van der Waals surface area contributed by atoms with Crippen LogP contribution in [0.4, 0.5) is 0 Å². The van der Waals surface area contributed by atoms with Gasteiger partial charge in [0.25, 0.3) is 11.5 Å². The van der Waals surface area contributed by atoms with Gasteiger partial charge in [-0.2, -0.15) is 0 Å². The van der Waals surface area contributed by atoms with E-state index in [-0.39, 0.29) is 23.7 Å². The molecule has 8 nitrogen and oxygen atoms in total. The van der Waals surface area contributed by atoms with E-state index < -0.39 is 17.9 Å². The highest BCUT2D eigenvalue weighted by Gasteiger charge is 2.28. The van der Waals surface area contributed by atoms with Crippen LogP contribution >= 0.6 is 15.9 Å². The Morgan fingerprint density at radius 3 is 2.25 bits per heavy atom. The van der Waals surface area contributed by atoms with Gasteiger partial charge in [-0.3, -0.25) is 19.0 Å². The molecule has 0 radical (unpaired) electrons. The van der Waals surface area contributed by atoms with Gasteiger partial charge in [0.15, 0.2) is 0 Å². The topological polar surface area (TPSA) is 106 Å². The standard InChI is InChI=1S/C31H27BrN2O6/c1-40-31(39)27-26(20-5-3-2-4-6-20)25-17-23(32)11-12-24(25)29(36)34(27)18-19-7-9-21(10-8-19)28(35)33-15-13-22(14-16-33)30(37)38/h2-12,17,22H,13-16,18H2,1H3,(H,37,38). The Balaban J connectivity index is 1.53. The van der Waals surface area contributed by atoms with Crippen molar-refractivity contribution < 1.29 is 24.2 Å². The first-order chi connectivity index (χ1) is 19.3. The zero-order chi connectivity index (χ0) is 28.4. The van der Waals surface area contributed by atoms with Gasteiger partial charge in [-0.15, -0.1) is 0 Å². The number of methoxy groups -OCH3 is 1. The highest BCUT2D eigenvalue weighted by molar-refractivity contribution is 9.10. The van der Waals surface area contributed by atoms with Gasteiger partial charge in [-0.05, 0) is 59.7 Å². The first kappa shape index (κ1) is 27.3. The van der Waals surface area contributed by atoms with Gasteiger partial charge in [0.2, 0.25) is 0 Å². The van der Waals surface area contributed by atoms with Crippen molar-refractivity contribution in [2.45, 2.75) is 19.4 Å². The SMILES string of the molecule is COC(=O)c1c(-c2ccccc2)c2cc(Br)ccc2c(=O)n1Cc1ccc(C(=O)N2CCC(C(=O)O)CC2)cc1. The smallest absolute Gasteiger partial charge is 0.355 e. The van der Waals surface area contributed by atoms with Gasteiger partial charge < -0.3 is 14.7 Å². The third-order valence-corrected chi connectivity index (χ3v) is 7.84. The van der Waals surface area contributed by atoms with E-state index in [4.69, 9.17) is 4.74 Å². The van der Waals surface area contributed by atoms with E-state index in [0.29, 0.717) is 47.8 Å². The number of benzene rings is 3. The average Bonchev–Trinajstić information content (AvgIpc) is 2.98. The van der Waals surface area contributed by atoms with Crippen molar-refractivity contribution in [3.05, 3.63) is 104 Å². The summed E-state index contributed by atoms with van der Waals surface area (Å²) >= 11 is 3.49. The Kier molecular flexibility index (Phi) is 7.84. The summed E-state index contributed by atoms with van der Waals surface area (Å²) < 4.78 is 7.36. The van der Waals surface area contributed by atoms with Crippen molar-refractivity contribution in [3.63, 3.8) is 0 Å². The number of esters is 1. The molecule has 0 unspecified atom stereocenters. The fourth-order valence-corrected chi connectivity index (χ4v) is 5.58. The Labute approximate surface area is 238 Å². The van der Waals surface area contributed by atoms with Gasteiger partial charge in [0.05, 0.1) is 19.6 Å². The number of piperidine rings is 1. The minimum absolute atomic E-state index is 0.0909. The highest BCUT2D eigenvalue weighted by atomic mass is 79.9. The van der Waals surface area contributed by atoms with Gasteiger partial charge in [-0.25, -0.2) is 4.79 Å². The van der Waals surface area contributed by atoms with Gasteiger partial charge in [0.1, 0.15) is 5.69 Å². The Bertz CT molecular complexity index is 1660. The van der Waals surface area contributed by atoms with Crippen molar-refractivity contribution in [3.8, 4) is 11.1 Å². The molecule has 1 amide bonds. The molecule has 1 aliphatic rings. The van der Waals surface area contributed by atoms with E-state index in [1.54, 1.807) is 41.3 Å². The number of aliphatic carboxylic acids is 1. The number of nitrogens with zero attached hydrogens (tertiary/aromatic N) is 2. The van der Waals surface area contributed by atoms with E-state index in [9.17, 15) is 24.3 Å². The molecule has 0 aliphatic carbocycles. The molecule has 0 spiro atoms. The minimum Gasteiger partial charge on any atom is -0.481 e. The maximum Gasteiger partial charge on any atom is 0.355 e. The molecule has 0 atom stereocenters. The molecule has 0 bridgehead atoms. The lowest BCUT2D eigenvalue weighted by atomic mass is 9.96. The maximum absolute atomic E-state index is 13.8. The second-order valence-electron chi connectivity index (χ2n) is 9.76. The van der Waals surface area contributed by atoms with Crippen LogP contribution in [-0.2, 0) is 16.1 Å². The number of likely N-dealkylation sites (tertiary alicyclic amines) is 1. The fraction of sp³-hybridized carbons (Fsp3) is 0.226. The molecule has 4 aromatic rings. The maximum atomic E-state index is 13.8. The number of fused-ring (bicyclic) bond motifs is 1. The highest BCUT2D eigenvalue weighted by Crippen LogP contribution is 2.33. The number of amides is 1. The predicted octanol–water partition coefficient (Wildman–Crippen LogP) is 5.20. The molecule has 5 rings (SSSR count). The number of pyridine rings is 1. The van der Waals surface area contributed by atoms with Gasteiger partial charge in [-0.1, -0.05) is 58.4 Å². The summed E-state index contributed by atoms with van der Waals surface area (Å²) in [6.45, 7) is 0.878. The molecular weight excluding hydrogens is 576 g/mol. The summed E-state index contributed by atoms with van der Waals surface area (Å²) in [7, 11) is 1.29. The van der Waals surface area contributed by atoms with Crippen LogP contribution in [0.15, 0.2) is 82.1 Å². The lowest BCUT2D eigenvalue weighted by molar-refractivity contribution is -0.143. The molecule has 1 fully saturated rings.